The predicted octanol–water partition coefficient (Wildman–Crippen LogP) is 1.46. The van der Waals surface area contributed by atoms with Crippen molar-refractivity contribution in [1.29, 1.82) is 0 Å². The first kappa shape index (κ1) is 10.9. The van der Waals surface area contributed by atoms with Gasteiger partial charge < -0.3 is 10.6 Å². The minimum Gasteiger partial charge on any atom is -0.337 e. The standard InChI is InChI=1S/C11H13IN2O/c12-10-4-2-1-3-9(10)11(15)14-6-5-8(13)7-14/h1-4,8H,5-7,13H2/t8-/m1/s1. The molecule has 0 aliphatic carbocycles. The Balaban J connectivity index is 2.18. The normalized spacial score (nSPS) is 20.7. The summed E-state index contributed by atoms with van der Waals surface area (Å²) >= 11 is 2.19. The Morgan fingerprint density at radius 1 is 1.47 bits per heavy atom. The third-order valence-electron chi connectivity index (χ3n) is 2.62. The van der Waals surface area contributed by atoms with Crippen LogP contribution in [0.3, 0.4) is 0 Å². The second-order valence-electron chi connectivity index (χ2n) is 3.78. The van der Waals surface area contributed by atoms with Gasteiger partial charge in [-0.25, -0.2) is 0 Å². The van der Waals surface area contributed by atoms with Crippen LogP contribution in [0.5, 0.6) is 0 Å². The molecule has 0 bridgehead atoms. The number of carbonyl (C=O) groups excluding carboxylic acids is 1. The molecule has 1 saturated heterocycles. The quantitative estimate of drug-likeness (QED) is 0.798. The van der Waals surface area contributed by atoms with E-state index in [1.807, 2.05) is 29.2 Å². The zero-order valence-corrected chi connectivity index (χ0v) is 10.5. The lowest BCUT2D eigenvalue weighted by atomic mass is 10.2. The third-order valence-corrected chi connectivity index (χ3v) is 3.56. The molecule has 1 amide bonds. The Morgan fingerprint density at radius 3 is 2.80 bits per heavy atom. The molecule has 0 aromatic heterocycles. The molecule has 2 rings (SSSR count). The number of carbonyl (C=O) groups is 1. The molecule has 1 aliphatic rings. The number of hydrogen-bond donors (Lipinski definition) is 1. The fourth-order valence-corrected chi connectivity index (χ4v) is 2.39. The highest BCUT2D eigenvalue weighted by atomic mass is 127. The summed E-state index contributed by atoms with van der Waals surface area (Å²) in [5.41, 5.74) is 6.57. The van der Waals surface area contributed by atoms with Crippen molar-refractivity contribution >= 4 is 28.5 Å². The Morgan fingerprint density at radius 2 is 2.20 bits per heavy atom. The summed E-state index contributed by atoms with van der Waals surface area (Å²) in [4.78, 5) is 13.9. The van der Waals surface area contributed by atoms with E-state index in [4.69, 9.17) is 5.73 Å². The molecule has 80 valence electrons. The van der Waals surface area contributed by atoms with Crippen LogP contribution in [0.1, 0.15) is 16.8 Å². The molecule has 0 saturated carbocycles. The highest BCUT2D eigenvalue weighted by Gasteiger charge is 2.25. The molecule has 1 aromatic rings. The van der Waals surface area contributed by atoms with Crippen molar-refractivity contribution in [1.82, 2.24) is 4.90 Å². The van der Waals surface area contributed by atoms with Crippen molar-refractivity contribution < 1.29 is 4.79 Å². The number of likely N-dealkylation sites (tertiary alicyclic amines) is 1. The van der Waals surface area contributed by atoms with Crippen LogP contribution in [0, 0.1) is 3.57 Å². The van der Waals surface area contributed by atoms with Crippen molar-refractivity contribution in [3.8, 4) is 0 Å². The van der Waals surface area contributed by atoms with Gasteiger partial charge >= 0.3 is 0 Å². The van der Waals surface area contributed by atoms with Gasteiger partial charge in [-0.15, -0.1) is 0 Å². The molecule has 1 aliphatic heterocycles. The minimum absolute atomic E-state index is 0.105. The fourth-order valence-electron chi connectivity index (χ4n) is 1.78. The van der Waals surface area contributed by atoms with Gasteiger partial charge in [0.15, 0.2) is 0 Å². The van der Waals surface area contributed by atoms with Crippen molar-refractivity contribution in [2.45, 2.75) is 12.5 Å². The molecule has 1 aromatic carbocycles. The van der Waals surface area contributed by atoms with Crippen LogP contribution in [0.15, 0.2) is 24.3 Å². The van der Waals surface area contributed by atoms with Gasteiger partial charge in [-0.1, -0.05) is 12.1 Å². The summed E-state index contributed by atoms with van der Waals surface area (Å²) in [6, 6.07) is 7.80. The topological polar surface area (TPSA) is 46.3 Å². The molecule has 2 N–H and O–H groups in total. The van der Waals surface area contributed by atoms with Gasteiger partial charge in [0.2, 0.25) is 0 Å². The Hall–Kier alpha value is -0.620. The van der Waals surface area contributed by atoms with Gasteiger partial charge in [-0.05, 0) is 41.1 Å². The highest BCUT2D eigenvalue weighted by Crippen LogP contribution is 2.17. The molecule has 4 heteroatoms. The molecule has 1 heterocycles. The molecule has 1 fully saturated rings. The van der Waals surface area contributed by atoms with Crippen molar-refractivity contribution in [3.05, 3.63) is 33.4 Å². The summed E-state index contributed by atoms with van der Waals surface area (Å²) in [7, 11) is 0. The molecule has 0 spiro atoms. The van der Waals surface area contributed by atoms with E-state index in [1.54, 1.807) is 0 Å². The van der Waals surface area contributed by atoms with Gasteiger partial charge in [-0.3, -0.25) is 4.79 Å². The molecular formula is C11H13IN2O. The van der Waals surface area contributed by atoms with Gasteiger partial charge in [0.25, 0.3) is 5.91 Å². The largest absolute Gasteiger partial charge is 0.337 e. The molecule has 1 atom stereocenters. The van der Waals surface area contributed by atoms with Crippen molar-refractivity contribution in [3.63, 3.8) is 0 Å². The summed E-state index contributed by atoms with van der Waals surface area (Å²) in [5.74, 6) is 0.105. The number of rotatable bonds is 1. The van der Waals surface area contributed by atoms with Crippen LogP contribution >= 0.6 is 22.6 Å². The number of benzene rings is 1. The van der Waals surface area contributed by atoms with Gasteiger partial charge in [0, 0.05) is 22.7 Å². The first-order valence-corrected chi connectivity index (χ1v) is 6.06. The molecule has 0 radical (unpaired) electrons. The molecule has 3 nitrogen and oxygen atoms in total. The van der Waals surface area contributed by atoms with E-state index in [0.29, 0.717) is 6.54 Å². The van der Waals surface area contributed by atoms with Crippen LogP contribution in [-0.4, -0.2) is 29.9 Å². The van der Waals surface area contributed by atoms with E-state index in [1.165, 1.54) is 0 Å². The first-order chi connectivity index (χ1) is 7.18. The zero-order valence-electron chi connectivity index (χ0n) is 8.32. The lowest BCUT2D eigenvalue weighted by molar-refractivity contribution is 0.0790. The van der Waals surface area contributed by atoms with Gasteiger partial charge in [0.05, 0.1) is 5.56 Å². The van der Waals surface area contributed by atoms with Crippen LogP contribution in [0.2, 0.25) is 0 Å². The average molecular weight is 316 g/mol. The van der Waals surface area contributed by atoms with E-state index in [-0.39, 0.29) is 11.9 Å². The number of halogens is 1. The summed E-state index contributed by atoms with van der Waals surface area (Å²) in [6.45, 7) is 1.47. The number of hydrogen-bond acceptors (Lipinski definition) is 2. The highest BCUT2D eigenvalue weighted by molar-refractivity contribution is 14.1. The summed E-state index contributed by atoms with van der Waals surface area (Å²) in [5, 5.41) is 0. The first-order valence-electron chi connectivity index (χ1n) is 4.98. The van der Waals surface area contributed by atoms with E-state index in [2.05, 4.69) is 22.6 Å². The Bertz CT molecular complexity index is 381. The zero-order chi connectivity index (χ0) is 10.8. The lowest BCUT2D eigenvalue weighted by Gasteiger charge is -2.16. The second-order valence-corrected chi connectivity index (χ2v) is 4.94. The van der Waals surface area contributed by atoms with Gasteiger partial charge in [-0.2, -0.15) is 0 Å². The smallest absolute Gasteiger partial charge is 0.254 e. The maximum Gasteiger partial charge on any atom is 0.254 e. The molecular weight excluding hydrogens is 303 g/mol. The predicted molar refractivity (Wildman–Crippen MR) is 67.7 cm³/mol. The van der Waals surface area contributed by atoms with E-state index in [0.717, 1.165) is 22.1 Å². The number of amides is 1. The Kier molecular flexibility index (Phi) is 3.25. The maximum atomic E-state index is 12.1. The molecule has 15 heavy (non-hydrogen) atoms. The van der Waals surface area contributed by atoms with E-state index < -0.39 is 0 Å². The van der Waals surface area contributed by atoms with Crippen LogP contribution in [0.25, 0.3) is 0 Å². The lowest BCUT2D eigenvalue weighted by Crippen LogP contribution is -2.32. The SMILES string of the molecule is N[C@@H]1CCN(C(=O)c2ccccc2I)C1. The minimum atomic E-state index is 0.105. The Labute approximate surface area is 103 Å². The van der Waals surface area contributed by atoms with Crippen molar-refractivity contribution in [2.24, 2.45) is 5.73 Å². The fraction of sp³-hybridized carbons (Fsp3) is 0.364. The second kappa shape index (κ2) is 4.49. The summed E-state index contributed by atoms with van der Waals surface area (Å²) in [6.07, 6.45) is 0.912. The van der Waals surface area contributed by atoms with Crippen LogP contribution in [-0.2, 0) is 0 Å². The summed E-state index contributed by atoms with van der Waals surface area (Å²) < 4.78 is 1.00. The van der Waals surface area contributed by atoms with Crippen molar-refractivity contribution in [2.75, 3.05) is 13.1 Å². The average Bonchev–Trinajstić information content (AvgIpc) is 2.65. The number of nitrogens with two attached hydrogens (primary N) is 1. The van der Waals surface area contributed by atoms with Gasteiger partial charge in [0.1, 0.15) is 0 Å². The number of nitrogens with zero attached hydrogens (tertiary/aromatic N) is 1. The van der Waals surface area contributed by atoms with Crippen LogP contribution in [0.4, 0.5) is 0 Å². The molecule has 0 unspecified atom stereocenters. The van der Waals surface area contributed by atoms with E-state index >= 15 is 0 Å². The maximum absolute atomic E-state index is 12.1. The monoisotopic (exact) mass is 316 g/mol. The third kappa shape index (κ3) is 2.31. The van der Waals surface area contributed by atoms with E-state index in [9.17, 15) is 4.79 Å². The van der Waals surface area contributed by atoms with Crippen LogP contribution < -0.4 is 5.73 Å².